The van der Waals surface area contributed by atoms with Gasteiger partial charge in [-0.25, -0.2) is 4.98 Å². The van der Waals surface area contributed by atoms with E-state index in [9.17, 15) is 5.11 Å². The Hall–Kier alpha value is -2.76. The van der Waals surface area contributed by atoms with Crippen molar-refractivity contribution in [3.63, 3.8) is 0 Å². The minimum Gasteiger partial charge on any atom is -0.493 e. The van der Waals surface area contributed by atoms with Crippen LogP contribution in [0.4, 0.5) is 0 Å². The molecule has 1 N–H and O–H groups in total. The molecule has 5 nitrogen and oxygen atoms in total. The summed E-state index contributed by atoms with van der Waals surface area (Å²) in [5.74, 6) is 0.855. The summed E-state index contributed by atoms with van der Waals surface area (Å²) in [6.07, 6.45) is 4.47. The van der Waals surface area contributed by atoms with Gasteiger partial charge in [-0.2, -0.15) is 30.3 Å². The molecule has 0 unspecified atom stereocenters. The predicted octanol–water partition coefficient (Wildman–Crippen LogP) is 6.73. The number of nitrogens with zero attached hydrogens (tertiary/aromatic N) is 3. The van der Waals surface area contributed by atoms with Crippen molar-refractivity contribution in [2.45, 2.75) is 40.5 Å². The quantitative estimate of drug-likeness (QED) is 0.257. The molecular weight excluding hydrogens is 499 g/mol. The van der Waals surface area contributed by atoms with Gasteiger partial charge in [0.15, 0.2) is 5.65 Å². The van der Waals surface area contributed by atoms with Gasteiger partial charge in [0, 0.05) is 51.0 Å². The molecule has 0 aliphatic rings. The van der Waals surface area contributed by atoms with Crippen LogP contribution in [0.3, 0.4) is 0 Å². The molecular formula is C28H30N3O2Y-. The van der Waals surface area contributed by atoms with Crippen molar-refractivity contribution in [1.29, 1.82) is 0 Å². The molecule has 0 aliphatic heterocycles. The number of fused-ring (bicyclic) bond motifs is 1. The van der Waals surface area contributed by atoms with Crippen molar-refractivity contribution >= 4 is 5.65 Å². The largest absolute Gasteiger partial charge is 0.493 e. The van der Waals surface area contributed by atoms with Gasteiger partial charge in [0.1, 0.15) is 11.5 Å². The van der Waals surface area contributed by atoms with Gasteiger partial charge in [0.05, 0.1) is 18.4 Å². The predicted molar refractivity (Wildman–Crippen MR) is 132 cm³/mol. The third-order valence-electron chi connectivity index (χ3n) is 4.86. The van der Waals surface area contributed by atoms with E-state index in [1.54, 1.807) is 10.7 Å². The van der Waals surface area contributed by atoms with Gasteiger partial charge in [0.2, 0.25) is 5.88 Å². The Kier molecular flexibility index (Phi) is 11.2. The van der Waals surface area contributed by atoms with Crippen molar-refractivity contribution in [3.8, 4) is 17.1 Å². The molecule has 6 heteroatoms. The van der Waals surface area contributed by atoms with Gasteiger partial charge in [-0.05, 0) is 17.7 Å². The Morgan fingerprint density at radius 2 is 1.65 bits per heavy atom. The average Bonchev–Trinajstić information content (AvgIpc) is 3.51. The average molecular weight is 529 g/mol. The van der Waals surface area contributed by atoms with Crippen molar-refractivity contribution < 1.29 is 42.2 Å². The molecule has 0 saturated carbocycles. The molecule has 5 aromatic rings. The third-order valence-corrected chi connectivity index (χ3v) is 4.86. The molecule has 0 spiro atoms. The Morgan fingerprint density at radius 3 is 2.29 bits per heavy atom. The second-order valence-corrected chi connectivity index (χ2v) is 6.86. The molecule has 0 amide bonds. The first-order chi connectivity index (χ1) is 16.3. The SMILES string of the molecule is CC.CC.Oc1c(Cc2ccco2)nc2c(Cc3ccccc3)nc(-c3c[c-]ccc3)cn12.[Y]. The fourth-order valence-electron chi connectivity index (χ4n) is 3.44. The smallest absolute Gasteiger partial charge is 0.219 e. The number of imidazole rings is 1. The van der Waals surface area contributed by atoms with Crippen molar-refractivity contribution in [3.05, 3.63) is 108 Å². The molecule has 34 heavy (non-hydrogen) atoms. The molecule has 3 aromatic heterocycles. The number of rotatable bonds is 5. The summed E-state index contributed by atoms with van der Waals surface area (Å²) in [4.78, 5) is 9.58. The number of aromatic hydroxyl groups is 1. The monoisotopic (exact) mass is 529 g/mol. The van der Waals surface area contributed by atoms with Crippen LogP contribution in [-0.2, 0) is 45.6 Å². The number of aromatic nitrogens is 3. The van der Waals surface area contributed by atoms with Gasteiger partial charge < -0.3 is 9.52 Å². The number of benzene rings is 2. The van der Waals surface area contributed by atoms with E-state index < -0.39 is 0 Å². The molecule has 1 radical (unpaired) electrons. The van der Waals surface area contributed by atoms with Crippen LogP contribution < -0.4 is 0 Å². The van der Waals surface area contributed by atoms with E-state index in [0.29, 0.717) is 24.2 Å². The van der Waals surface area contributed by atoms with Gasteiger partial charge in [-0.3, -0.25) is 9.38 Å². The number of hydrogen-bond acceptors (Lipinski definition) is 4. The third kappa shape index (κ3) is 6.43. The second-order valence-electron chi connectivity index (χ2n) is 6.86. The van der Waals surface area contributed by atoms with Crippen LogP contribution in [0.5, 0.6) is 5.88 Å². The molecule has 0 saturated heterocycles. The van der Waals surface area contributed by atoms with E-state index in [-0.39, 0.29) is 38.6 Å². The fourth-order valence-corrected chi connectivity index (χ4v) is 3.44. The molecule has 173 valence electrons. The van der Waals surface area contributed by atoms with E-state index in [1.807, 2.05) is 88.5 Å². The first-order valence-electron chi connectivity index (χ1n) is 11.4. The summed E-state index contributed by atoms with van der Waals surface area (Å²) in [7, 11) is 0. The van der Waals surface area contributed by atoms with Crippen LogP contribution in [0, 0.1) is 6.07 Å². The van der Waals surface area contributed by atoms with Crippen molar-refractivity contribution in [1.82, 2.24) is 14.4 Å². The zero-order valence-electron chi connectivity index (χ0n) is 20.2. The minimum atomic E-state index is 0. The summed E-state index contributed by atoms with van der Waals surface area (Å²) in [6.45, 7) is 8.00. The molecule has 0 atom stereocenters. The van der Waals surface area contributed by atoms with Gasteiger partial charge in [-0.1, -0.05) is 58.0 Å². The maximum absolute atomic E-state index is 10.9. The Bertz CT molecular complexity index is 1250. The van der Waals surface area contributed by atoms with Crippen LogP contribution in [-0.4, -0.2) is 19.5 Å². The first kappa shape index (κ1) is 27.5. The van der Waals surface area contributed by atoms with Crippen LogP contribution in [0.2, 0.25) is 0 Å². The molecule has 0 bridgehead atoms. The molecule has 2 aromatic carbocycles. The first-order valence-corrected chi connectivity index (χ1v) is 11.4. The van der Waals surface area contributed by atoms with E-state index in [0.717, 1.165) is 28.3 Å². The van der Waals surface area contributed by atoms with Gasteiger partial charge in [0.25, 0.3) is 0 Å². The topological polar surface area (TPSA) is 63.6 Å². The zero-order valence-corrected chi connectivity index (χ0v) is 23.0. The van der Waals surface area contributed by atoms with E-state index >= 15 is 0 Å². The zero-order chi connectivity index (χ0) is 23.6. The fraction of sp³-hybridized carbons (Fsp3) is 0.214. The standard InChI is InChI=1S/C24H18N3O2.2C2H6.Y/c28-24-21(15-19-12-7-13-29-19)26-23-20(14-17-8-3-1-4-9-17)25-22(16-27(23)24)18-10-5-2-6-11-18;2*1-2;/h1-5,7-13,16,28H,14-15H2;2*1-2H3;/q-1;;;. The summed E-state index contributed by atoms with van der Waals surface area (Å²) in [6, 6.07) is 24.6. The van der Waals surface area contributed by atoms with E-state index in [2.05, 4.69) is 18.2 Å². The molecule has 5 rings (SSSR count). The van der Waals surface area contributed by atoms with E-state index in [1.165, 1.54) is 0 Å². The summed E-state index contributed by atoms with van der Waals surface area (Å²) < 4.78 is 7.14. The molecule has 0 fully saturated rings. The Balaban J connectivity index is 0.000000777. The van der Waals surface area contributed by atoms with Crippen LogP contribution in [0.25, 0.3) is 16.9 Å². The number of furan rings is 1. The van der Waals surface area contributed by atoms with Crippen LogP contribution >= 0.6 is 0 Å². The van der Waals surface area contributed by atoms with E-state index in [4.69, 9.17) is 14.4 Å². The summed E-state index contributed by atoms with van der Waals surface area (Å²) in [5, 5.41) is 10.9. The van der Waals surface area contributed by atoms with Gasteiger partial charge in [-0.15, -0.1) is 5.56 Å². The minimum absolute atomic E-state index is 0. The normalized spacial score (nSPS) is 9.88. The van der Waals surface area contributed by atoms with Gasteiger partial charge >= 0.3 is 0 Å². The van der Waals surface area contributed by atoms with Crippen molar-refractivity contribution in [2.75, 3.05) is 0 Å². The Labute approximate surface area is 226 Å². The maximum Gasteiger partial charge on any atom is 0.219 e. The second kappa shape index (κ2) is 13.8. The Morgan fingerprint density at radius 1 is 0.882 bits per heavy atom. The maximum atomic E-state index is 10.9. The number of hydrogen-bond donors (Lipinski definition) is 1. The van der Waals surface area contributed by atoms with Crippen LogP contribution in [0.15, 0.2) is 83.6 Å². The van der Waals surface area contributed by atoms with Crippen molar-refractivity contribution in [2.24, 2.45) is 0 Å². The summed E-state index contributed by atoms with van der Waals surface area (Å²) >= 11 is 0. The van der Waals surface area contributed by atoms with Crippen LogP contribution in [0.1, 0.15) is 50.4 Å². The summed E-state index contributed by atoms with van der Waals surface area (Å²) in [5.41, 5.74) is 4.85. The molecule has 3 heterocycles. The molecule has 0 aliphatic carbocycles.